The van der Waals surface area contributed by atoms with Gasteiger partial charge in [-0.1, -0.05) is 24.3 Å². The average molecular weight is 347 g/mol. The summed E-state index contributed by atoms with van der Waals surface area (Å²) in [5.41, 5.74) is 10.1. The van der Waals surface area contributed by atoms with Crippen LogP contribution in [0.15, 0.2) is 66.2 Å². The second-order valence-corrected chi connectivity index (χ2v) is 5.97. The fourth-order valence-electron chi connectivity index (χ4n) is 2.89. The van der Waals surface area contributed by atoms with Crippen LogP contribution in [0, 0.1) is 5.41 Å². The lowest BCUT2D eigenvalue weighted by atomic mass is 10.0. The first kappa shape index (κ1) is 17.6. The van der Waals surface area contributed by atoms with Gasteiger partial charge in [-0.25, -0.2) is 0 Å². The maximum absolute atomic E-state index is 12.3. The molecule has 0 fully saturated rings. The fraction of sp³-hybridized carbons (Fsp3) is 0.150. The largest absolute Gasteiger partial charge is 0.404 e. The van der Waals surface area contributed by atoms with Crippen LogP contribution in [0.1, 0.15) is 11.1 Å². The van der Waals surface area contributed by atoms with Gasteiger partial charge in [-0.2, -0.15) is 0 Å². The summed E-state index contributed by atoms with van der Waals surface area (Å²) in [5, 5.41) is 13.7. The van der Waals surface area contributed by atoms with Gasteiger partial charge in [0.25, 0.3) is 0 Å². The molecule has 0 saturated carbocycles. The van der Waals surface area contributed by atoms with Crippen molar-refractivity contribution in [1.29, 1.82) is 5.41 Å². The van der Waals surface area contributed by atoms with Gasteiger partial charge in [0.15, 0.2) is 0 Å². The van der Waals surface area contributed by atoms with E-state index in [9.17, 15) is 4.79 Å². The SMILES string of the molecule is N=C/C(=C\N)c1ccncc1/C=C/C(=O)NC1C=CC2=C(C=C1)CNC2. The number of allylic oxidation sites excluding steroid dienone is 1. The molecule has 3 rings (SSSR count). The van der Waals surface area contributed by atoms with Gasteiger partial charge < -0.3 is 21.8 Å². The minimum absolute atomic E-state index is 0.146. The van der Waals surface area contributed by atoms with Gasteiger partial charge in [0.1, 0.15) is 0 Å². The van der Waals surface area contributed by atoms with Gasteiger partial charge in [0.2, 0.25) is 5.91 Å². The van der Waals surface area contributed by atoms with Crippen LogP contribution in [0.2, 0.25) is 0 Å². The minimum atomic E-state index is -0.201. The first-order valence-corrected chi connectivity index (χ1v) is 8.35. The van der Waals surface area contributed by atoms with E-state index in [-0.39, 0.29) is 11.9 Å². The van der Waals surface area contributed by atoms with Crippen LogP contribution in [0.3, 0.4) is 0 Å². The van der Waals surface area contributed by atoms with Crippen molar-refractivity contribution < 1.29 is 4.79 Å². The van der Waals surface area contributed by atoms with E-state index in [1.807, 2.05) is 12.2 Å². The molecule has 1 aromatic heterocycles. The Hall–Kier alpha value is -3.25. The lowest BCUT2D eigenvalue weighted by molar-refractivity contribution is -0.116. The summed E-state index contributed by atoms with van der Waals surface area (Å²) in [7, 11) is 0. The number of pyridine rings is 1. The van der Waals surface area contributed by atoms with Gasteiger partial charge in [0.05, 0.1) is 6.04 Å². The summed E-state index contributed by atoms with van der Waals surface area (Å²) in [4.78, 5) is 16.3. The van der Waals surface area contributed by atoms with Gasteiger partial charge in [0, 0.05) is 55.1 Å². The average Bonchev–Trinajstić information content (AvgIpc) is 3.03. The molecule has 0 bridgehead atoms. The molecule has 2 aliphatic rings. The number of nitrogens with one attached hydrogen (secondary N) is 3. The van der Waals surface area contributed by atoms with Gasteiger partial charge in [-0.15, -0.1) is 0 Å². The van der Waals surface area contributed by atoms with E-state index in [0.717, 1.165) is 24.2 Å². The molecular weight excluding hydrogens is 326 g/mol. The predicted octanol–water partition coefficient (Wildman–Crippen LogP) is 1.55. The van der Waals surface area contributed by atoms with E-state index in [0.29, 0.717) is 5.57 Å². The van der Waals surface area contributed by atoms with E-state index in [1.165, 1.54) is 29.6 Å². The van der Waals surface area contributed by atoms with Gasteiger partial charge >= 0.3 is 0 Å². The van der Waals surface area contributed by atoms with Crippen molar-refractivity contribution in [2.45, 2.75) is 6.04 Å². The van der Waals surface area contributed by atoms with Crippen molar-refractivity contribution >= 4 is 23.8 Å². The van der Waals surface area contributed by atoms with Crippen molar-refractivity contribution in [1.82, 2.24) is 15.6 Å². The van der Waals surface area contributed by atoms with Crippen molar-refractivity contribution in [3.63, 3.8) is 0 Å². The molecule has 6 nitrogen and oxygen atoms in total. The number of nitrogens with two attached hydrogens (primary N) is 1. The second-order valence-electron chi connectivity index (χ2n) is 5.97. The number of hydrogen-bond acceptors (Lipinski definition) is 5. The van der Waals surface area contributed by atoms with Crippen molar-refractivity contribution in [3.8, 4) is 0 Å². The molecule has 26 heavy (non-hydrogen) atoms. The summed E-state index contributed by atoms with van der Waals surface area (Å²) in [5.74, 6) is -0.201. The first-order chi connectivity index (χ1) is 12.7. The minimum Gasteiger partial charge on any atom is -0.404 e. The number of carbonyl (C=O) groups is 1. The molecule has 0 saturated heterocycles. The van der Waals surface area contributed by atoms with Crippen LogP contribution < -0.4 is 16.4 Å². The summed E-state index contributed by atoms with van der Waals surface area (Å²) in [6.07, 6.45) is 17.0. The van der Waals surface area contributed by atoms with E-state index in [4.69, 9.17) is 11.1 Å². The molecule has 1 aliphatic carbocycles. The van der Waals surface area contributed by atoms with Gasteiger partial charge in [-0.3, -0.25) is 9.78 Å². The van der Waals surface area contributed by atoms with Crippen LogP contribution in [-0.4, -0.2) is 36.2 Å². The third-order valence-electron chi connectivity index (χ3n) is 4.27. The van der Waals surface area contributed by atoms with Crippen LogP contribution >= 0.6 is 0 Å². The molecule has 5 N–H and O–H groups in total. The Morgan fingerprint density at radius 1 is 1.31 bits per heavy atom. The molecule has 132 valence electrons. The highest BCUT2D eigenvalue weighted by atomic mass is 16.1. The summed E-state index contributed by atoms with van der Waals surface area (Å²) in [6, 6.07) is 1.62. The Bertz CT molecular complexity index is 837. The highest BCUT2D eigenvalue weighted by Gasteiger charge is 2.13. The van der Waals surface area contributed by atoms with Gasteiger partial charge in [-0.05, 0) is 28.9 Å². The summed E-state index contributed by atoms with van der Waals surface area (Å²) in [6.45, 7) is 1.73. The van der Waals surface area contributed by atoms with E-state index in [2.05, 4.69) is 27.8 Å². The van der Waals surface area contributed by atoms with Crippen LogP contribution in [0.25, 0.3) is 11.6 Å². The fourth-order valence-corrected chi connectivity index (χ4v) is 2.89. The molecule has 1 aliphatic heterocycles. The third kappa shape index (κ3) is 4.04. The molecule has 6 heteroatoms. The Kier molecular flexibility index (Phi) is 5.56. The Morgan fingerprint density at radius 2 is 2.04 bits per heavy atom. The normalized spacial score (nSPS) is 17.5. The topological polar surface area (TPSA) is 104 Å². The van der Waals surface area contributed by atoms with Crippen molar-refractivity contribution in [2.75, 3.05) is 13.1 Å². The highest BCUT2D eigenvalue weighted by molar-refractivity contribution is 6.09. The maximum atomic E-state index is 12.3. The maximum Gasteiger partial charge on any atom is 0.244 e. The van der Waals surface area contributed by atoms with Crippen LogP contribution in [-0.2, 0) is 4.79 Å². The standard InChI is InChI=1S/C20H21N5O/c21-9-17(10-22)19-7-8-23-13-16(19)3-6-20(26)25-18-4-1-14-11-24-12-15(14)2-5-18/h1-10,13,18,21,24H,11-12,22H2,(H,25,26)/b6-3+,17-10+,21-9?. The molecule has 1 aromatic rings. The quantitative estimate of drug-likeness (QED) is 0.479. The van der Waals surface area contributed by atoms with Crippen LogP contribution in [0.4, 0.5) is 0 Å². The molecule has 0 spiro atoms. The zero-order chi connectivity index (χ0) is 18.4. The molecule has 0 aromatic carbocycles. The number of nitrogens with zero attached hydrogens (tertiary/aromatic N) is 1. The zero-order valence-electron chi connectivity index (χ0n) is 14.3. The number of amides is 1. The smallest absolute Gasteiger partial charge is 0.244 e. The van der Waals surface area contributed by atoms with E-state index >= 15 is 0 Å². The summed E-state index contributed by atoms with van der Waals surface area (Å²) < 4.78 is 0. The number of aromatic nitrogens is 1. The zero-order valence-corrected chi connectivity index (χ0v) is 14.3. The number of rotatable bonds is 5. The number of carbonyl (C=O) groups excluding carboxylic acids is 1. The van der Waals surface area contributed by atoms with E-state index < -0.39 is 0 Å². The highest BCUT2D eigenvalue weighted by Crippen LogP contribution is 2.18. The Balaban J connectivity index is 1.68. The number of hydrogen-bond donors (Lipinski definition) is 4. The Labute approximate surface area is 152 Å². The third-order valence-corrected chi connectivity index (χ3v) is 4.27. The molecular formula is C20H21N5O. The van der Waals surface area contributed by atoms with Crippen LogP contribution in [0.5, 0.6) is 0 Å². The van der Waals surface area contributed by atoms with Crippen molar-refractivity contribution in [3.05, 3.63) is 77.3 Å². The molecule has 0 radical (unpaired) electrons. The molecule has 0 atom stereocenters. The predicted molar refractivity (Wildman–Crippen MR) is 104 cm³/mol. The monoisotopic (exact) mass is 347 g/mol. The second kappa shape index (κ2) is 8.22. The molecule has 2 heterocycles. The lowest BCUT2D eigenvalue weighted by Crippen LogP contribution is -2.30. The summed E-state index contributed by atoms with van der Waals surface area (Å²) >= 11 is 0. The van der Waals surface area contributed by atoms with Crippen molar-refractivity contribution in [2.24, 2.45) is 5.73 Å². The lowest BCUT2D eigenvalue weighted by Gasteiger charge is -2.09. The Morgan fingerprint density at radius 3 is 2.69 bits per heavy atom. The van der Waals surface area contributed by atoms with E-state index in [1.54, 1.807) is 24.5 Å². The molecule has 1 amide bonds. The first-order valence-electron chi connectivity index (χ1n) is 8.35. The molecule has 0 unspecified atom stereocenters.